The Bertz CT molecular complexity index is 693. The van der Waals surface area contributed by atoms with Gasteiger partial charge in [-0.25, -0.2) is 0 Å². The van der Waals surface area contributed by atoms with Crippen LogP contribution in [0.15, 0.2) is 29.8 Å². The Hall–Kier alpha value is -1.86. The van der Waals surface area contributed by atoms with Crippen molar-refractivity contribution in [3.05, 3.63) is 46.5 Å². The van der Waals surface area contributed by atoms with Crippen LogP contribution >= 0.6 is 0 Å². The molecule has 1 aromatic carbocycles. The minimum absolute atomic E-state index is 0.135. The van der Waals surface area contributed by atoms with Crippen LogP contribution in [0.4, 0.5) is 13.2 Å². The van der Waals surface area contributed by atoms with Crippen LogP contribution in [0.2, 0.25) is 0 Å². The molecule has 3 unspecified atom stereocenters. The summed E-state index contributed by atoms with van der Waals surface area (Å²) in [5.41, 5.74) is 0.921. The smallest absolute Gasteiger partial charge is 0.416 e. The highest BCUT2D eigenvalue weighted by molar-refractivity contribution is 5.74. The van der Waals surface area contributed by atoms with Gasteiger partial charge in [0, 0.05) is 5.92 Å². The zero-order valence-corrected chi connectivity index (χ0v) is 15.7. The molecule has 7 heteroatoms. The van der Waals surface area contributed by atoms with E-state index in [0.29, 0.717) is 12.0 Å². The molecule has 1 aromatic rings. The van der Waals surface area contributed by atoms with Crippen molar-refractivity contribution in [1.29, 1.82) is 0 Å². The first-order chi connectivity index (χ1) is 12.6. The first kappa shape index (κ1) is 21.4. The fourth-order valence-corrected chi connectivity index (χ4v) is 3.50. The molecule has 0 heterocycles. The number of carbonyl (C=O) groups is 1. The van der Waals surface area contributed by atoms with E-state index < -0.39 is 35.8 Å². The van der Waals surface area contributed by atoms with Crippen molar-refractivity contribution < 1.29 is 32.5 Å². The van der Waals surface area contributed by atoms with E-state index in [4.69, 9.17) is 9.47 Å². The third kappa shape index (κ3) is 5.32. The van der Waals surface area contributed by atoms with Gasteiger partial charge in [-0.15, -0.1) is 0 Å². The Labute approximate surface area is 157 Å². The normalized spacial score (nSPS) is 18.6. The van der Waals surface area contributed by atoms with Gasteiger partial charge in [0.2, 0.25) is 0 Å². The van der Waals surface area contributed by atoms with Crippen molar-refractivity contribution in [1.82, 2.24) is 0 Å². The van der Waals surface area contributed by atoms with Crippen molar-refractivity contribution >= 4 is 5.97 Å². The number of hydrogen-bond donors (Lipinski definition) is 1. The molecule has 27 heavy (non-hydrogen) atoms. The Morgan fingerprint density at radius 3 is 2.67 bits per heavy atom. The maximum absolute atomic E-state index is 13.3. The van der Waals surface area contributed by atoms with Gasteiger partial charge in [0.05, 0.1) is 24.7 Å². The molecular weight excluding hydrogens is 361 g/mol. The molecular formula is C20H25F3O4. The van der Waals surface area contributed by atoms with Crippen LogP contribution in [0.3, 0.4) is 0 Å². The van der Waals surface area contributed by atoms with Crippen LogP contribution in [0.1, 0.15) is 49.8 Å². The SMILES string of the molecule is CCOC(=O)C(COC(O)C=C(C)C)C1CCc2c1cccc2C(F)(F)F. The molecule has 0 radical (unpaired) electrons. The van der Waals surface area contributed by atoms with Crippen LogP contribution in [-0.2, 0) is 26.9 Å². The maximum Gasteiger partial charge on any atom is 0.416 e. The number of rotatable bonds is 7. The van der Waals surface area contributed by atoms with Crippen LogP contribution in [0.5, 0.6) is 0 Å². The second-order valence-corrected chi connectivity index (χ2v) is 6.84. The van der Waals surface area contributed by atoms with E-state index >= 15 is 0 Å². The van der Waals surface area contributed by atoms with E-state index in [0.717, 1.165) is 11.6 Å². The lowest BCUT2D eigenvalue weighted by Crippen LogP contribution is -2.30. The molecule has 0 saturated heterocycles. The first-order valence-electron chi connectivity index (χ1n) is 8.95. The minimum Gasteiger partial charge on any atom is -0.466 e. The van der Waals surface area contributed by atoms with Crippen LogP contribution in [0, 0.1) is 5.92 Å². The van der Waals surface area contributed by atoms with Crippen LogP contribution in [-0.4, -0.2) is 30.6 Å². The summed E-state index contributed by atoms with van der Waals surface area (Å²) in [4.78, 5) is 12.4. The summed E-state index contributed by atoms with van der Waals surface area (Å²) in [6.45, 7) is 5.28. The van der Waals surface area contributed by atoms with Gasteiger partial charge in [0.25, 0.3) is 0 Å². The van der Waals surface area contributed by atoms with E-state index in [1.807, 2.05) is 0 Å². The average molecular weight is 386 g/mol. The van der Waals surface area contributed by atoms with Gasteiger partial charge in [-0.1, -0.05) is 17.7 Å². The molecule has 0 bridgehead atoms. The fourth-order valence-electron chi connectivity index (χ4n) is 3.50. The van der Waals surface area contributed by atoms with E-state index in [1.165, 1.54) is 12.1 Å². The highest BCUT2D eigenvalue weighted by Gasteiger charge is 2.41. The molecule has 1 aliphatic rings. The lowest BCUT2D eigenvalue weighted by Gasteiger charge is -2.24. The maximum atomic E-state index is 13.3. The molecule has 2 rings (SSSR count). The number of esters is 1. The molecule has 3 atom stereocenters. The van der Waals surface area contributed by atoms with Crippen LogP contribution < -0.4 is 0 Å². The highest BCUT2D eigenvalue weighted by atomic mass is 19.4. The number of fused-ring (bicyclic) bond motifs is 1. The van der Waals surface area contributed by atoms with Gasteiger partial charge in [-0.3, -0.25) is 4.79 Å². The molecule has 4 nitrogen and oxygen atoms in total. The van der Waals surface area contributed by atoms with Crippen molar-refractivity contribution in [3.63, 3.8) is 0 Å². The number of aliphatic hydroxyl groups is 1. The average Bonchev–Trinajstić information content (AvgIpc) is 2.97. The second-order valence-electron chi connectivity index (χ2n) is 6.84. The standard InChI is InChI=1S/C20H25F3O4/c1-4-26-19(25)16(11-27-18(24)10-12(2)3)14-8-9-15-13(14)6-5-7-17(15)20(21,22)23/h5-7,10,14,16,18,24H,4,8-9,11H2,1-3H3. The molecule has 0 aliphatic heterocycles. The number of halogens is 3. The van der Waals surface area contributed by atoms with Gasteiger partial charge in [0.15, 0.2) is 6.29 Å². The van der Waals surface area contributed by atoms with Crippen molar-refractivity contribution in [2.24, 2.45) is 5.92 Å². The minimum atomic E-state index is -4.43. The Morgan fingerprint density at radius 2 is 2.07 bits per heavy atom. The zero-order valence-electron chi connectivity index (χ0n) is 15.7. The summed E-state index contributed by atoms with van der Waals surface area (Å²) < 4.78 is 50.3. The zero-order chi connectivity index (χ0) is 20.2. The molecule has 0 saturated carbocycles. The molecule has 0 fully saturated rings. The van der Waals surface area contributed by atoms with E-state index in [2.05, 4.69) is 0 Å². The monoisotopic (exact) mass is 386 g/mol. The molecule has 1 aliphatic carbocycles. The molecule has 0 amide bonds. The lowest BCUT2D eigenvalue weighted by molar-refractivity contribution is -0.155. The third-order valence-electron chi connectivity index (χ3n) is 4.62. The predicted molar refractivity (Wildman–Crippen MR) is 94.0 cm³/mol. The molecule has 0 aromatic heterocycles. The summed E-state index contributed by atoms with van der Waals surface area (Å²) in [5, 5.41) is 9.87. The lowest BCUT2D eigenvalue weighted by atomic mass is 9.87. The van der Waals surface area contributed by atoms with Gasteiger partial charge in [-0.2, -0.15) is 13.2 Å². The second kappa shape index (κ2) is 8.89. The van der Waals surface area contributed by atoms with Gasteiger partial charge < -0.3 is 14.6 Å². The van der Waals surface area contributed by atoms with Gasteiger partial charge in [-0.05, 0) is 56.9 Å². The number of alkyl halides is 3. The summed E-state index contributed by atoms with van der Waals surface area (Å²) >= 11 is 0. The largest absolute Gasteiger partial charge is 0.466 e. The number of aliphatic hydroxyl groups excluding tert-OH is 1. The summed E-state index contributed by atoms with van der Waals surface area (Å²) in [6.07, 6.45) is -3.49. The van der Waals surface area contributed by atoms with Gasteiger partial charge >= 0.3 is 12.1 Å². The molecule has 1 N–H and O–H groups in total. The highest BCUT2D eigenvalue weighted by Crippen LogP contribution is 2.44. The van der Waals surface area contributed by atoms with E-state index in [1.54, 1.807) is 26.8 Å². The molecule has 150 valence electrons. The van der Waals surface area contributed by atoms with Crippen molar-refractivity contribution in [3.8, 4) is 0 Å². The number of benzene rings is 1. The Balaban J connectivity index is 2.28. The number of allylic oxidation sites excluding steroid dienone is 1. The Morgan fingerprint density at radius 1 is 1.37 bits per heavy atom. The Kier molecular flexibility index (Phi) is 7.06. The van der Waals surface area contributed by atoms with Gasteiger partial charge in [0.1, 0.15) is 0 Å². The number of hydrogen-bond acceptors (Lipinski definition) is 4. The molecule has 0 spiro atoms. The van der Waals surface area contributed by atoms with Crippen LogP contribution in [0.25, 0.3) is 0 Å². The summed E-state index contributed by atoms with van der Waals surface area (Å²) in [5.74, 6) is -1.76. The van der Waals surface area contributed by atoms with E-state index in [9.17, 15) is 23.1 Å². The third-order valence-corrected chi connectivity index (χ3v) is 4.62. The number of carbonyl (C=O) groups excluding carboxylic acids is 1. The number of ether oxygens (including phenoxy) is 2. The fraction of sp³-hybridized carbons (Fsp3) is 0.550. The van der Waals surface area contributed by atoms with Crippen molar-refractivity contribution in [2.75, 3.05) is 13.2 Å². The van der Waals surface area contributed by atoms with E-state index in [-0.39, 0.29) is 25.2 Å². The van der Waals surface area contributed by atoms with Crippen molar-refractivity contribution in [2.45, 2.75) is 52.0 Å². The first-order valence-corrected chi connectivity index (χ1v) is 8.95. The predicted octanol–water partition coefficient (Wildman–Crippen LogP) is 4.22. The topological polar surface area (TPSA) is 55.8 Å². The summed E-state index contributed by atoms with van der Waals surface area (Å²) in [7, 11) is 0. The quantitative estimate of drug-likeness (QED) is 0.433. The summed E-state index contributed by atoms with van der Waals surface area (Å²) in [6, 6.07) is 4.05.